The summed E-state index contributed by atoms with van der Waals surface area (Å²) in [6.07, 6.45) is 4.27. The number of anilines is 3. The predicted molar refractivity (Wildman–Crippen MR) is 332 cm³/mol. The third-order valence-electron chi connectivity index (χ3n) is 16.1. The zero-order valence-corrected chi connectivity index (χ0v) is 47.8. The predicted octanol–water partition coefficient (Wildman–Crippen LogP) is 16.8. The largest absolute Gasteiger partial charge is 0.485 e. The zero-order chi connectivity index (χ0) is 58.0. The molecule has 2 aromatic heterocycles. The second-order valence-electron chi connectivity index (χ2n) is 21.1. The summed E-state index contributed by atoms with van der Waals surface area (Å²) in [5.74, 6) is -0.991. The van der Waals surface area contributed by atoms with Gasteiger partial charge in [-0.05, 0) is 145 Å². The van der Waals surface area contributed by atoms with E-state index in [9.17, 15) is 30.3 Å². The number of aryl methyl sites for hydroxylation is 2. The first kappa shape index (κ1) is 53.2. The Hall–Kier alpha value is -10.1. The van der Waals surface area contributed by atoms with Gasteiger partial charge in [-0.25, -0.2) is 9.59 Å². The summed E-state index contributed by atoms with van der Waals surface area (Å²) in [7, 11) is 0. The molecule has 11 nitrogen and oxygen atoms in total. The van der Waals surface area contributed by atoms with E-state index >= 15 is 0 Å². The second kappa shape index (κ2) is 21.3. The van der Waals surface area contributed by atoms with Gasteiger partial charge in [-0.3, -0.25) is 0 Å². The third kappa shape index (κ3) is 8.87. The number of hydrogen-bond acceptors (Lipinski definition) is 11. The van der Waals surface area contributed by atoms with Gasteiger partial charge in [0.25, 0.3) is 0 Å². The maximum absolute atomic E-state index is 12.2. The molecule has 10 aromatic rings. The summed E-state index contributed by atoms with van der Waals surface area (Å²) < 4.78 is 25.2. The van der Waals surface area contributed by atoms with Crippen LogP contribution in [-0.4, -0.2) is 48.6 Å². The van der Waals surface area contributed by atoms with Gasteiger partial charge in [-0.15, -0.1) is 22.7 Å². The first-order valence-corrected chi connectivity index (χ1v) is 29.3. The molecular formula is C71H51N3O8S2. The van der Waals surface area contributed by atoms with Gasteiger partial charge in [0.15, 0.2) is 23.0 Å². The lowest BCUT2D eigenvalue weighted by molar-refractivity contribution is -0.133. The Kier molecular flexibility index (Phi) is 13.5. The summed E-state index contributed by atoms with van der Waals surface area (Å²) >= 11 is 2.60. The number of nitrogens with zero attached hydrogens (tertiary/aromatic N) is 3. The van der Waals surface area contributed by atoms with Gasteiger partial charge in [0.05, 0.1) is 25.2 Å². The average Bonchev–Trinajstić information content (AvgIpc) is 1.64. The fourth-order valence-electron chi connectivity index (χ4n) is 12.2. The Morgan fingerprint density at radius 2 is 1.11 bits per heavy atom. The van der Waals surface area contributed by atoms with Gasteiger partial charge >= 0.3 is 11.9 Å². The van der Waals surface area contributed by atoms with Crippen LogP contribution in [0, 0.1) is 34.8 Å². The van der Waals surface area contributed by atoms with Gasteiger partial charge < -0.3 is 34.1 Å². The molecule has 410 valence electrons. The van der Waals surface area contributed by atoms with E-state index in [1.807, 2.05) is 36.4 Å². The Balaban J connectivity index is 1.15. The van der Waals surface area contributed by atoms with Gasteiger partial charge in [-0.2, -0.15) is 10.5 Å². The van der Waals surface area contributed by atoms with Gasteiger partial charge in [0.2, 0.25) is 0 Å². The summed E-state index contributed by atoms with van der Waals surface area (Å²) in [6, 6.07) is 59.7. The maximum atomic E-state index is 12.2. The molecule has 2 aliphatic heterocycles. The van der Waals surface area contributed by atoms with E-state index in [4.69, 9.17) is 18.9 Å². The Morgan fingerprint density at radius 1 is 0.583 bits per heavy atom. The van der Waals surface area contributed by atoms with E-state index < -0.39 is 23.1 Å². The smallest absolute Gasteiger partial charge is 0.346 e. The molecule has 13 heteroatoms. The summed E-state index contributed by atoms with van der Waals surface area (Å²) in [5, 5.41) is 43.4. The molecule has 0 radical (unpaired) electrons. The third-order valence-corrected chi connectivity index (χ3v) is 18.4. The fourth-order valence-corrected chi connectivity index (χ4v) is 14.4. The number of carboxylic acids is 2. The van der Waals surface area contributed by atoms with Crippen LogP contribution in [0.2, 0.25) is 0 Å². The number of carboxylic acid groups (broad SMARTS) is 2. The van der Waals surface area contributed by atoms with Crippen LogP contribution in [-0.2, 0) is 27.8 Å². The number of carbonyl (C=O) groups is 2. The lowest BCUT2D eigenvalue weighted by Crippen LogP contribution is -2.17. The van der Waals surface area contributed by atoms with Crippen molar-refractivity contribution in [3.05, 3.63) is 195 Å². The summed E-state index contributed by atoms with van der Waals surface area (Å²) in [5.41, 5.74) is 14.3. The minimum Gasteiger partial charge on any atom is -0.485 e. The summed E-state index contributed by atoms with van der Waals surface area (Å²) in [6.45, 7) is 9.98. The van der Waals surface area contributed by atoms with Crippen molar-refractivity contribution in [2.24, 2.45) is 0 Å². The van der Waals surface area contributed by atoms with Crippen molar-refractivity contribution < 1.29 is 38.7 Å². The molecule has 0 amide bonds. The molecule has 0 spiro atoms. The number of thiophene rings is 2. The standard InChI is InChI=1S/C71H51N3O8S2/c1-5-40-14-10-11-17-49(40)50-26-22-47(32-41(50)6-2)74(48-23-27-52-51-18-12-13-19-57(51)71(3,4)58(52)37-48)62-53-24-20-43(67-65-63(79-28-30-81-65)59(83-67)35-45(38-72)69(75)76)33-55(53)61(42-15-8-7-9-16-42)56-34-44(21-25-54(56)62)68-66-64(80-29-31-82-66)60(84-68)36-46(39-73)70(77)78/h7-10,12-16,18-27,32-37H,5-6,28-31H2,1-4H3,(H,75,76)(H,77,78)/b45-35+,46-36+. The highest BCUT2D eigenvalue weighted by atomic mass is 32.1. The van der Waals surface area contributed by atoms with Crippen molar-refractivity contribution >= 4 is 85.4 Å². The van der Waals surface area contributed by atoms with Gasteiger partial charge in [0.1, 0.15) is 49.7 Å². The van der Waals surface area contributed by atoms with Crippen LogP contribution in [0.25, 0.3) is 88.0 Å². The van der Waals surface area contributed by atoms with Crippen molar-refractivity contribution in [1.29, 1.82) is 10.5 Å². The minimum absolute atomic E-state index is 0.248. The van der Waals surface area contributed by atoms with Crippen LogP contribution in [0.1, 0.15) is 59.7 Å². The normalized spacial score (nSPS) is 13.8. The molecule has 0 atom stereocenters. The molecule has 1 aliphatic carbocycles. The molecule has 13 rings (SSSR count). The van der Waals surface area contributed by atoms with Crippen molar-refractivity contribution in [3.8, 4) is 89.4 Å². The molecular weight excluding hydrogens is 1090 g/mol. The SMILES string of the molecule is CCc1ccc#cc1-c1ccc(N(c2ccc3c(c2)C(C)(C)c2ccccc2-3)c2c3ccc(-c4sc(/C=C(\C#N)C(=O)O)c5c4OCCO5)cc3c(-c3ccccc3)c3cc(-c4sc(/C=C(\C#N)C(=O)O)c5c4OCCO5)ccc23)cc1CC. The first-order chi connectivity index (χ1) is 40.9. The molecule has 0 unspecified atom stereocenters. The quantitative estimate of drug-likeness (QED) is 0.0642. The number of ether oxygens (including phenoxy) is 4. The molecule has 2 N–H and O–H groups in total. The van der Waals surface area contributed by atoms with Crippen LogP contribution >= 0.6 is 22.7 Å². The molecule has 3 aliphatic rings. The zero-order valence-electron chi connectivity index (χ0n) is 46.2. The Morgan fingerprint density at radius 3 is 1.67 bits per heavy atom. The summed E-state index contributed by atoms with van der Waals surface area (Å²) in [4.78, 5) is 29.2. The lowest BCUT2D eigenvalue weighted by Gasteiger charge is -2.32. The highest BCUT2D eigenvalue weighted by Gasteiger charge is 2.37. The first-order valence-electron chi connectivity index (χ1n) is 27.6. The maximum Gasteiger partial charge on any atom is 0.346 e. The van der Waals surface area contributed by atoms with Crippen molar-refractivity contribution in [2.45, 2.75) is 46.0 Å². The van der Waals surface area contributed by atoms with E-state index in [2.05, 4.69) is 160 Å². The van der Waals surface area contributed by atoms with E-state index in [1.54, 1.807) is 0 Å². The Labute approximate surface area is 493 Å². The lowest BCUT2D eigenvalue weighted by atomic mass is 9.82. The van der Waals surface area contributed by atoms with Crippen molar-refractivity contribution in [1.82, 2.24) is 0 Å². The Bertz CT molecular complexity index is 4390. The molecule has 0 fully saturated rings. The monoisotopic (exact) mass is 1140 g/mol. The molecule has 8 aromatic carbocycles. The van der Waals surface area contributed by atoms with Gasteiger partial charge in [0, 0.05) is 33.1 Å². The van der Waals surface area contributed by atoms with E-state index in [0.717, 1.165) is 90.4 Å². The fraction of sp³-hybridized carbons (Fsp3) is 0.155. The van der Waals surface area contributed by atoms with Crippen molar-refractivity contribution in [2.75, 3.05) is 31.3 Å². The number of rotatable bonds is 13. The second-order valence-corrected chi connectivity index (χ2v) is 23.3. The topological polar surface area (TPSA) is 162 Å². The van der Waals surface area contributed by atoms with E-state index in [0.29, 0.717) is 42.5 Å². The van der Waals surface area contributed by atoms with Crippen LogP contribution in [0.4, 0.5) is 17.1 Å². The highest BCUT2D eigenvalue weighted by Crippen LogP contribution is 2.57. The highest BCUT2D eigenvalue weighted by molar-refractivity contribution is 7.17. The molecule has 0 bridgehead atoms. The van der Waals surface area contributed by atoms with E-state index in [-0.39, 0.29) is 31.8 Å². The number of nitriles is 2. The van der Waals surface area contributed by atoms with Crippen LogP contribution in [0.15, 0.2) is 151 Å². The minimum atomic E-state index is -1.35. The average molecular weight is 1140 g/mol. The van der Waals surface area contributed by atoms with E-state index in [1.165, 1.54) is 62.6 Å². The van der Waals surface area contributed by atoms with Crippen LogP contribution < -0.4 is 23.8 Å². The van der Waals surface area contributed by atoms with Crippen LogP contribution in [0.5, 0.6) is 23.0 Å². The number of aliphatic carboxylic acids is 2. The van der Waals surface area contributed by atoms with Crippen LogP contribution in [0.3, 0.4) is 0 Å². The molecule has 84 heavy (non-hydrogen) atoms. The molecule has 0 saturated carbocycles. The molecule has 0 saturated heterocycles. The van der Waals surface area contributed by atoms with Crippen molar-refractivity contribution in [3.63, 3.8) is 0 Å². The van der Waals surface area contributed by atoms with Gasteiger partial charge in [-0.1, -0.05) is 131 Å². The number of fused-ring (bicyclic) bond motifs is 7. The molecule has 4 heterocycles. The number of benzene rings is 7. The number of hydrogen-bond donors (Lipinski definition) is 2.